The molecule has 0 bridgehead atoms. The molecule has 2 aliphatic carbocycles. The van der Waals surface area contributed by atoms with Crippen LogP contribution in [0.4, 0.5) is 0 Å². The van der Waals surface area contributed by atoms with Crippen LogP contribution < -0.4 is 5.32 Å². The van der Waals surface area contributed by atoms with Crippen LogP contribution >= 0.6 is 0 Å². The predicted molar refractivity (Wildman–Crippen MR) is 52.8 cm³/mol. The van der Waals surface area contributed by atoms with Gasteiger partial charge in [0.05, 0.1) is 6.04 Å². The molecule has 0 radical (unpaired) electrons. The second-order valence-corrected chi connectivity index (χ2v) is 4.46. The molecule has 0 amide bonds. The third kappa shape index (κ3) is 1.54. The van der Waals surface area contributed by atoms with Crippen LogP contribution in [0.5, 0.6) is 0 Å². The first-order valence-electron chi connectivity index (χ1n) is 5.51. The van der Waals surface area contributed by atoms with E-state index in [1.54, 1.807) is 6.33 Å². The minimum atomic E-state index is 0.601. The number of rotatable bonds is 4. The van der Waals surface area contributed by atoms with E-state index in [2.05, 4.69) is 15.4 Å². The summed E-state index contributed by atoms with van der Waals surface area (Å²) in [5, 5.41) is 7.80. The second kappa shape index (κ2) is 3.35. The zero-order valence-electron chi connectivity index (χ0n) is 8.26. The molecule has 76 valence electrons. The highest BCUT2D eigenvalue weighted by atomic mass is 15.3. The molecule has 0 aliphatic heterocycles. The Morgan fingerprint density at radius 3 is 2.79 bits per heavy atom. The lowest BCUT2D eigenvalue weighted by Gasteiger charge is -2.36. The third-order valence-electron chi connectivity index (χ3n) is 3.40. The monoisotopic (exact) mass is 192 g/mol. The van der Waals surface area contributed by atoms with Crippen LogP contribution in [-0.4, -0.2) is 27.4 Å². The van der Waals surface area contributed by atoms with Gasteiger partial charge in [0.25, 0.3) is 0 Å². The Morgan fingerprint density at radius 2 is 2.21 bits per heavy atom. The van der Waals surface area contributed by atoms with Crippen molar-refractivity contribution in [3.63, 3.8) is 0 Å². The lowest BCUT2D eigenvalue weighted by molar-refractivity contribution is 0.162. The van der Waals surface area contributed by atoms with E-state index in [1.165, 1.54) is 25.7 Å². The largest absolute Gasteiger partial charge is 0.314 e. The lowest BCUT2D eigenvalue weighted by atomic mass is 9.79. The summed E-state index contributed by atoms with van der Waals surface area (Å²) < 4.78 is 2.02. The second-order valence-electron chi connectivity index (χ2n) is 4.46. The smallest absolute Gasteiger partial charge is 0.137 e. The highest BCUT2D eigenvalue weighted by Gasteiger charge is 2.33. The van der Waals surface area contributed by atoms with Gasteiger partial charge in [-0.1, -0.05) is 0 Å². The van der Waals surface area contributed by atoms with E-state index in [1.807, 2.05) is 11.0 Å². The summed E-state index contributed by atoms with van der Waals surface area (Å²) in [5.41, 5.74) is 0. The van der Waals surface area contributed by atoms with Gasteiger partial charge < -0.3 is 5.32 Å². The molecule has 14 heavy (non-hydrogen) atoms. The minimum absolute atomic E-state index is 0.601. The maximum atomic E-state index is 4.21. The first-order valence-corrected chi connectivity index (χ1v) is 5.51. The number of aromatic nitrogens is 3. The molecule has 1 heterocycles. The molecular weight excluding hydrogens is 176 g/mol. The molecule has 2 aliphatic rings. The van der Waals surface area contributed by atoms with Gasteiger partial charge in [-0.05, 0) is 31.6 Å². The molecule has 3 rings (SSSR count). The van der Waals surface area contributed by atoms with Gasteiger partial charge in [-0.2, -0.15) is 5.10 Å². The summed E-state index contributed by atoms with van der Waals surface area (Å²) in [7, 11) is 0. The third-order valence-corrected chi connectivity index (χ3v) is 3.40. The molecule has 4 heteroatoms. The molecule has 0 spiro atoms. The van der Waals surface area contributed by atoms with Gasteiger partial charge in [0.2, 0.25) is 0 Å². The summed E-state index contributed by atoms with van der Waals surface area (Å²) in [4.78, 5) is 4.00. The average molecular weight is 192 g/mol. The van der Waals surface area contributed by atoms with Crippen molar-refractivity contribution in [1.29, 1.82) is 0 Å². The highest BCUT2D eigenvalue weighted by Crippen LogP contribution is 2.37. The van der Waals surface area contributed by atoms with Gasteiger partial charge in [0, 0.05) is 12.6 Å². The Kier molecular flexibility index (Phi) is 2.01. The maximum Gasteiger partial charge on any atom is 0.137 e. The summed E-state index contributed by atoms with van der Waals surface area (Å²) in [5.74, 6) is 0.775. The molecular formula is C10H16N4. The van der Waals surface area contributed by atoms with Gasteiger partial charge >= 0.3 is 0 Å². The van der Waals surface area contributed by atoms with Crippen molar-refractivity contribution in [2.24, 2.45) is 5.92 Å². The fourth-order valence-electron chi connectivity index (χ4n) is 2.13. The van der Waals surface area contributed by atoms with Crippen molar-refractivity contribution >= 4 is 0 Å². The molecule has 2 saturated carbocycles. The molecule has 2 unspecified atom stereocenters. The highest BCUT2D eigenvalue weighted by molar-refractivity contribution is 4.89. The standard InChI is InChI=1S/C10H16N4/c1-4-10(14-7-11-6-13-14)8(1)5-12-9-2-3-9/h6-10,12H,1-5H2. The van der Waals surface area contributed by atoms with Crippen molar-refractivity contribution in [2.45, 2.75) is 37.8 Å². The van der Waals surface area contributed by atoms with Gasteiger partial charge in [-0.25, -0.2) is 9.67 Å². The zero-order chi connectivity index (χ0) is 9.38. The fraction of sp³-hybridized carbons (Fsp3) is 0.800. The molecule has 0 saturated heterocycles. The summed E-state index contributed by atoms with van der Waals surface area (Å²) in [6.07, 6.45) is 8.82. The van der Waals surface area contributed by atoms with E-state index in [0.717, 1.165) is 18.5 Å². The zero-order valence-corrected chi connectivity index (χ0v) is 8.26. The lowest BCUT2D eigenvalue weighted by Crippen LogP contribution is -2.37. The molecule has 1 aromatic rings. The quantitative estimate of drug-likeness (QED) is 0.773. The predicted octanol–water partition coefficient (Wildman–Crippen LogP) is 0.981. The van der Waals surface area contributed by atoms with Crippen molar-refractivity contribution < 1.29 is 0 Å². The molecule has 1 aromatic heterocycles. The molecule has 1 N–H and O–H groups in total. The Bertz CT molecular complexity index is 291. The van der Waals surface area contributed by atoms with E-state index < -0.39 is 0 Å². The first-order chi connectivity index (χ1) is 6.93. The van der Waals surface area contributed by atoms with E-state index in [0.29, 0.717) is 6.04 Å². The van der Waals surface area contributed by atoms with E-state index in [9.17, 15) is 0 Å². The average Bonchev–Trinajstić information content (AvgIpc) is 2.81. The van der Waals surface area contributed by atoms with Gasteiger partial charge in [0.15, 0.2) is 0 Å². The molecule has 2 atom stereocenters. The van der Waals surface area contributed by atoms with Crippen LogP contribution in [0.1, 0.15) is 31.7 Å². The normalized spacial score (nSPS) is 31.4. The maximum absolute atomic E-state index is 4.21. The van der Waals surface area contributed by atoms with Crippen LogP contribution in [-0.2, 0) is 0 Å². The number of hydrogen-bond acceptors (Lipinski definition) is 3. The SMILES string of the molecule is c1ncn(C2CCC2CNC2CC2)n1. The Labute approximate surface area is 83.7 Å². The first kappa shape index (κ1) is 8.41. The van der Waals surface area contributed by atoms with Crippen LogP contribution in [0, 0.1) is 5.92 Å². The molecule has 2 fully saturated rings. The number of nitrogens with one attached hydrogen (secondary N) is 1. The number of hydrogen-bond donors (Lipinski definition) is 1. The summed E-state index contributed by atoms with van der Waals surface area (Å²) in [6, 6.07) is 1.43. The van der Waals surface area contributed by atoms with Crippen LogP contribution in [0.25, 0.3) is 0 Å². The topological polar surface area (TPSA) is 42.7 Å². The molecule has 4 nitrogen and oxygen atoms in total. The van der Waals surface area contributed by atoms with Crippen LogP contribution in [0.3, 0.4) is 0 Å². The van der Waals surface area contributed by atoms with E-state index in [4.69, 9.17) is 0 Å². The Hall–Kier alpha value is -0.900. The van der Waals surface area contributed by atoms with Crippen molar-refractivity contribution in [3.05, 3.63) is 12.7 Å². The minimum Gasteiger partial charge on any atom is -0.314 e. The summed E-state index contributed by atoms with van der Waals surface area (Å²) in [6.45, 7) is 1.16. The molecule has 0 aromatic carbocycles. The van der Waals surface area contributed by atoms with Crippen LogP contribution in [0.15, 0.2) is 12.7 Å². The van der Waals surface area contributed by atoms with Crippen molar-refractivity contribution in [2.75, 3.05) is 6.54 Å². The van der Waals surface area contributed by atoms with Gasteiger partial charge in [-0.3, -0.25) is 0 Å². The van der Waals surface area contributed by atoms with Crippen molar-refractivity contribution in [1.82, 2.24) is 20.1 Å². The summed E-state index contributed by atoms with van der Waals surface area (Å²) >= 11 is 0. The Balaban J connectivity index is 1.54. The van der Waals surface area contributed by atoms with Crippen LogP contribution in [0.2, 0.25) is 0 Å². The Morgan fingerprint density at radius 1 is 1.29 bits per heavy atom. The van der Waals surface area contributed by atoms with E-state index >= 15 is 0 Å². The van der Waals surface area contributed by atoms with Gasteiger partial charge in [0.1, 0.15) is 12.7 Å². The number of nitrogens with zero attached hydrogens (tertiary/aromatic N) is 3. The van der Waals surface area contributed by atoms with Crippen molar-refractivity contribution in [3.8, 4) is 0 Å². The van der Waals surface area contributed by atoms with Gasteiger partial charge in [-0.15, -0.1) is 0 Å². The fourth-order valence-corrected chi connectivity index (χ4v) is 2.13. The van der Waals surface area contributed by atoms with E-state index in [-0.39, 0.29) is 0 Å².